The predicted molar refractivity (Wildman–Crippen MR) is 94.6 cm³/mol. The van der Waals surface area contributed by atoms with E-state index in [0.29, 0.717) is 6.04 Å². The lowest BCUT2D eigenvalue weighted by atomic mass is 10.4. The van der Waals surface area contributed by atoms with E-state index in [1.807, 2.05) is 11.3 Å². The van der Waals surface area contributed by atoms with Gasteiger partial charge in [0.05, 0.1) is 6.54 Å². The molecule has 0 aromatic carbocycles. The number of rotatable bonds is 5. The van der Waals surface area contributed by atoms with Crippen LogP contribution in [-0.2, 0) is 13.0 Å². The van der Waals surface area contributed by atoms with E-state index in [-0.39, 0.29) is 24.0 Å². The van der Waals surface area contributed by atoms with Crippen molar-refractivity contribution < 1.29 is 0 Å². The SMILES string of the molecule is CCNC(=NCc1ccc(CC)s1)NC1CC1C.I. The van der Waals surface area contributed by atoms with Gasteiger partial charge in [-0.25, -0.2) is 4.99 Å². The molecule has 2 unspecified atom stereocenters. The lowest BCUT2D eigenvalue weighted by Crippen LogP contribution is -2.39. The summed E-state index contributed by atoms with van der Waals surface area (Å²) < 4.78 is 0. The first-order valence-corrected chi connectivity index (χ1v) is 7.67. The molecule has 0 spiro atoms. The maximum absolute atomic E-state index is 4.65. The van der Waals surface area contributed by atoms with Crippen molar-refractivity contribution in [2.24, 2.45) is 10.9 Å². The second-order valence-corrected chi connectivity index (χ2v) is 6.13. The molecule has 0 amide bonds. The van der Waals surface area contributed by atoms with Gasteiger partial charge in [-0.3, -0.25) is 0 Å². The molecule has 3 nitrogen and oxygen atoms in total. The molecule has 2 rings (SSSR count). The predicted octanol–water partition coefficient (Wildman–Crippen LogP) is 3.39. The molecule has 1 aromatic rings. The average Bonchev–Trinajstić information content (AvgIpc) is 2.89. The van der Waals surface area contributed by atoms with Crippen LogP contribution in [0.25, 0.3) is 0 Å². The minimum atomic E-state index is 0. The third-order valence-electron chi connectivity index (χ3n) is 3.23. The van der Waals surface area contributed by atoms with Crippen molar-refractivity contribution in [3.8, 4) is 0 Å². The summed E-state index contributed by atoms with van der Waals surface area (Å²) in [6.45, 7) is 8.26. The van der Waals surface area contributed by atoms with Crippen molar-refractivity contribution in [3.05, 3.63) is 21.9 Å². The highest BCUT2D eigenvalue weighted by Gasteiger charge is 2.33. The van der Waals surface area contributed by atoms with Gasteiger partial charge in [-0.05, 0) is 37.8 Å². The smallest absolute Gasteiger partial charge is 0.191 e. The molecular weight excluding hydrogens is 369 g/mol. The second-order valence-electron chi connectivity index (χ2n) is 4.88. The van der Waals surface area contributed by atoms with E-state index in [2.05, 4.69) is 48.5 Å². The van der Waals surface area contributed by atoms with Crippen LogP contribution in [-0.4, -0.2) is 18.5 Å². The first-order chi connectivity index (χ1) is 8.72. The summed E-state index contributed by atoms with van der Waals surface area (Å²) in [5, 5.41) is 6.79. The Kier molecular flexibility index (Phi) is 7.13. The summed E-state index contributed by atoms with van der Waals surface area (Å²) in [5.41, 5.74) is 0. The van der Waals surface area contributed by atoms with Crippen molar-refractivity contribution in [3.63, 3.8) is 0 Å². The van der Waals surface area contributed by atoms with E-state index in [0.717, 1.165) is 31.4 Å². The summed E-state index contributed by atoms with van der Waals surface area (Å²) in [6.07, 6.45) is 2.38. The van der Waals surface area contributed by atoms with Gasteiger partial charge in [0.25, 0.3) is 0 Å². The molecule has 0 aliphatic heterocycles. The number of aliphatic imine (C=N–C) groups is 1. The lowest BCUT2D eigenvalue weighted by molar-refractivity contribution is 0.767. The Morgan fingerprint density at radius 2 is 2.05 bits per heavy atom. The Bertz CT molecular complexity index is 417. The fraction of sp³-hybridized carbons (Fsp3) is 0.643. The maximum atomic E-state index is 4.65. The summed E-state index contributed by atoms with van der Waals surface area (Å²) in [5.74, 6) is 1.75. The van der Waals surface area contributed by atoms with Crippen LogP contribution in [0.4, 0.5) is 0 Å². The average molecular weight is 393 g/mol. The number of guanidine groups is 1. The van der Waals surface area contributed by atoms with Crippen LogP contribution in [0.2, 0.25) is 0 Å². The number of aryl methyl sites for hydroxylation is 1. The number of thiophene rings is 1. The Balaban J connectivity index is 0.00000180. The van der Waals surface area contributed by atoms with Gasteiger partial charge in [0.15, 0.2) is 5.96 Å². The van der Waals surface area contributed by atoms with Crippen molar-refractivity contribution in [2.45, 2.75) is 46.2 Å². The molecule has 5 heteroatoms. The van der Waals surface area contributed by atoms with Gasteiger partial charge < -0.3 is 10.6 Å². The Morgan fingerprint density at radius 3 is 2.58 bits per heavy atom. The molecule has 108 valence electrons. The molecule has 1 aliphatic carbocycles. The second kappa shape index (κ2) is 8.09. The third-order valence-corrected chi connectivity index (χ3v) is 4.45. The fourth-order valence-corrected chi connectivity index (χ4v) is 2.76. The van der Waals surface area contributed by atoms with E-state index in [1.54, 1.807) is 0 Å². The summed E-state index contributed by atoms with van der Waals surface area (Å²) in [7, 11) is 0. The van der Waals surface area contributed by atoms with Gasteiger partial charge in [-0.15, -0.1) is 35.3 Å². The van der Waals surface area contributed by atoms with Gasteiger partial charge in [-0.1, -0.05) is 13.8 Å². The first-order valence-electron chi connectivity index (χ1n) is 6.85. The van der Waals surface area contributed by atoms with Crippen LogP contribution in [0.15, 0.2) is 17.1 Å². The summed E-state index contributed by atoms with van der Waals surface area (Å²) in [4.78, 5) is 7.43. The molecule has 1 fully saturated rings. The monoisotopic (exact) mass is 393 g/mol. The number of hydrogen-bond acceptors (Lipinski definition) is 2. The zero-order valence-corrected chi connectivity index (χ0v) is 15.0. The molecule has 0 bridgehead atoms. The van der Waals surface area contributed by atoms with Crippen LogP contribution in [0.1, 0.15) is 36.9 Å². The zero-order chi connectivity index (χ0) is 13.0. The number of nitrogens with zero attached hydrogens (tertiary/aromatic N) is 1. The van der Waals surface area contributed by atoms with Gasteiger partial charge in [0.1, 0.15) is 0 Å². The van der Waals surface area contributed by atoms with Crippen LogP contribution in [0, 0.1) is 5.92 Å². The summed E-state index contributed by atoms with van der Waals surface area (Å²) >= 11 is 1.87. The molecule has 1 heterocycles. The Labute approximate surface area is 137 Å². The minimum absolute atomic E-state index is 0. The minimum Gasteiger partial charge on any atom is -0.357 e. The standard InChI is InChI=1S/C14H23N3S.HI/c1-4-11-6-7-12(18-11)9-16-14(15-5-2)17-13-8-10(13)3;/h6-7,10,13H,4-5,8-9H2,1-3H3,(H2,15,16,17);1H. The number of halogens is 1. The molecule has 19 heavy (non-hydrogen) atoms. The van der Waals surface area contributed by atoms with Gasteiger partial charge >= 0.3 is 0 Å². The summed E-state index contributed by atoms with van der Waals surface area (Å²) in [6, 6.07) is 5.02. The molecule has 2 atom stereocenters. The van der Waals surface area contributed by atoms with Crippen LogP contribution in [0.3, 0.4) is 0 Å². The highest BCUT2D eigenvalue weighted by Crippen LogP contribution is 2.28. The largest absolute Gasteiger partial charge is 0.357 e. The molecule has 1 aliphatic rings. The quantitative estimate of drug-likeness (QED) is 0.457. The number of hydrogen-bond donors (Lipinski definition) is 2. The van der Waals surface area contributed by atoms with Crippen LogP contribution in [0.5, 0.6) is 0 Å². The van der Waals surface area contributed by atoms with Crippen molar-refractivity contribution in [1.82, 2.24) is 10.6 Å². The van der Waals surface area contributed by atoms with Gasteiger partial charge in [-0.2, -0.15) is 0 Å². The number of nitrogens with one attached hydrogen (secondary N) is 2. The van der Waals surface area contributed by atoms with Crippen LogP contribution < -0.4 is 10.6 Å². The van der Waals surface area contributed by atoms with E-state index in [9.17, 15) is 0 Å². The van der Waals surface area contributed by atoms with Crippen molar-refractivity contribution in [2.75, 3.05) is 6.54 Å². The molecule has 1 aromatic heterocycles. The van der Waals surface area contributed by atoms with Gasteiger partial charge in [0, 0.05) is 22.3 Å². The first kappa shape index (κ1) is 16.8. The van der Waals surface area contributed by atoms with Crippen molar-refractivity contribution in [1.29, 1.82) is 0 Å². The Hall–Kier alpha value is -0.300. The third kappa shape index (κ3) is 5.30. The van der Waals surface area contributed by atoms with Crippen molar-refractivity contribution >= 4 is 41.3 Å². The Morgan fingerprint density at radius 1 is 1.37 bits per heavy atom. The highest BCUT2D eigenvalue weighted by molar-refractivity contribution is 14.0. The maximum Gasteiger partial charge on any atom is 0.191 e. The highest BCUT2D eigenvalue weighted by atomic mass is 127. The van der Waals surface area contributed by atoms with Gasteiger partial charge in [0.2, 0.25) is 0 Å². The van der Waals surface area contributed by atoms with E-state index < -0.39 is 0 Å². The topological polar surface area (TPSA) is 36.4 Å². The molecular formula is C14H24IN3S. The van der Waals surface area contributed by atoms with E-state index >= 15 is 0 Å². The van der Waals surface area contributed by atoms with Crippen LogP contribution >= 0.6 is 35.3 Å². The lowest BCUT2D eigenvalue weighted by Gasteiger charge is -2.10. The molecule has 2 N–H and O–H groups in total. The molecule has 1 saturated carbocycles. The molecule has 0 radical (unpaired) electrons. The molecule has 0 saturated heterocycles. The zero-order valence-electron chi connectivity index (χ0n) is 11.9. The van der Waals surface area contributed by atoms with E-state index in [4.69, 9.17) is 0 Å². The normalized spacial score (nSPS) is 21.7. The van der Waals surface area contributed by atoms with E-state index in [1.165, 1.54) is 16.2 Å². The fourth-order valence-electron chi connectivity index (χ4n) is 1.87.